The number of benzene rings is 3. The number of unbranched alkanes of at least 4 members (excludes halogenated alkanes) is 4. The Morgan fingerprint density at radius 2 is 1.67 bits per heavy atom. The highest BCUT2D eigenvalue weighted by Gasteiger charge is 2.21. The zero-order chi connectivity index (χ0) is 25.2. The van der Waals surface area contributed by atoms with Gasteiger partial charge in [0.05, 0.1) is 5.56 Å². The van der Waals surface area contributed by atoms with Crippen molar-refractivity contribution in [3.05, 3.63) is 95.3 Å². The molecular weight excluding hydrogens is 439 g/mol. The molecule has 0 N–H and O–H groups in total. The van der Waals surface area contributed by atoms with E-state index in [9.17, 15) is 0 Å². The van der Waals surface area contributed by atoms with Crippen LogP contribution in [-0.2, 0) is 6.42 Å². The van der Waals surface area contributed by atoms with E-state index >= 15 is 4.39 Å². The standard InChI is InChI=1S/C35H41F/c1-3-5-7-8-9-11-29-17-25-34-33(26-29)24-23-32(35(34)36)22-16-28-14-20-31(21-15-28)30-18-12-27(13-19-30)10-6-4-2/h4,14-15,17,20-21,23-27,30H,2-3,5-13,18-19H2,1H3. The van der Waals surface area contributed by atoms with E-state index in [-0.39, 0.29) is 5.82 Å². The van der Waals surface area contributed by atoms with E-state index in [2.05, 4.69) is 61.7 Å². The normalized spacial score (nSPS) is 17.5. The lowest BCUT2D eigenvalue weighted by molar-refractivity contribution is 0.312. The van der Waals surface area contributed by atoms with Crippen molar-refractivity contribution in [3.8, 4) is 11.8 Å². The minimum atomic E-state index is -0.209. The fraction of sp³-hybridized carbons (Fsp3) is 0.429. The second-order valence-electron chi connectivity index (χ2n) is 10.6. The summed E-state index contributed by atoms with van der Waals surface area (Å²) in [5, 5.41) is 1.63. The molecule has 0 aromatic heterocycles. The summed E-state index contributed by atoms with van der Waals surface area (Å²) in [6, 6.07) is 18.6. The van der Waals surface area contributed by atoms with Crippen molar-refractivity contribution in [3.63, 3.8) is 0 Å². The molecule has 0 aliphatic heterocycles. The van der Waals surface area contributed by atoms with Crippen LogP contribution in [0, 0.1) is 23.6 Å². The first-order valence-electron chi connectivity index (χ1n) is 14.1. The minimum absolute atomic E-state index is 0.209. The Hall–Kier alpha value is -2.85. The summed E-state index contributed by atoms with van der Waals surface area (Å²) in [5.74, 6) is 7.58. The van der Waals surface area contributed by atoms with Crippen LogP contribution >= 0.6 is 0 Å². The highest BCUT2D eigenvalue weighted by atomic mass is 19.1. The van der Waals surface area contributed by atoms with Gasteiger partial charge in [-0.1, -0.05) is 86.9 Å². The Bertz CT molecular complexity index is 1180. The van der Waals surface area contributed by atoms with Gasteiger partial charge >= 0.3 is 0 Å². The molecule has 188 valence electrons. The van der Waals surface area contributed by atoms with Gasteiger partial charge in [-0.15, -0.1) is 6.58 Å². The van der Waals surface area contributed by atoms with E-state index < -0.39 is 0 Å². The molecule has 1 heteroatoms. The topological polar surface area (TPSA) is 0 Å². The fourth-order valence-electron chi connectivity index (χ4n) is 5.64. The number of rotatable bonds is 10. The fourth-order valence-corrected chi connectivity index (χ4v) is 5.64. The molecule has 0 saturated heterocycles. The Morgan fingerprint density at radius 3 is 2.42 bits per heavy atom. The summed E-state index contributed by atoms with van der Waals surface area (Å²) in [7, 11) is 0. The number of aryl methyl sites for hydroxylation is 1. The third kappa shape index (κ3) is 7.10. The summed E-state index contributed by atoms with van der Waals surface area (Å²) in [6.07, 6.45) is 17.1. The average Bonchev–Trinajstić information content (AvgIpc) is 2.92. The molecule has 0 atom stereocenters. The molecular formula is C35H41F. The summed E-state index contributed by atoms with van der Waals surface area (Å²) in [5.41, 5.74) is 4.12. The summed E-state index contributed by atoms with van der Waals surface area (Å²) >= 11 is 0. The van der Waals surface area contributed by atoms with Gasteiger partial charge in [-0.3, -0.25) is 0 Å². The molecule has 1 aliphatic rings. The summed E-state index contributed by atoms with van der Waals surface area (Å²) < 4.78 is 15.2. The van der Waals surface area contributed by atoms with Crippen LogP contribution in [0.25, 0.3) is 10.8 Å². The Morgan fingerprint density at radius 1 is 0.889 bits per heavy atom. The number of hydrogen-bond donors (Lipinski definition) is 0. The Labute approximate surface area is 218 Å². The first kappa shape index (κ1) is 26.2. The molecule has 3 aromatic carbocycles. The van der Waals surface area contributed by atoms with E-state index in [0.717, 1.165) is 29.7 Å². The van der Waals surface area contributed by atoms with Gasteiger partial charge in [-0.25, -0.2) is 4.39 Å². The van der Waals surface area contributed by atoms with Crippen LogP contribution < -0.4 is 0 Å². The van der Waals surface area contributed by atoms with Crippen LogP contribution in [-0.4, -0.2) is 0 Å². The molecule has 0 unspecified atom stereocenters. The van der Waals surface area contributed by atoms with Crippen molar-refractivity contribution in [1.29, 1.82) is 0 Å². The SMILES string of the molecule is C=CCCC1CCC(c2ccc(C#Cc3ccc4cc(CCCCCCC)ccc4c3F)cc2)CC1. The lowest BCUT2D eigenvalue weighted by Gasteiger charge is -2.28. The van der Waals surface area contributed by atoms with Crippen LogP contribution in [0.3, 0.4) is 0 Å². The zero-order valence-corrected chi connectivity index (χ0v) is 22.0. The van der Waals surface area contributed by atoms with Gasteiger partial charge in [-0.05, 0) is 97.9 Å². The van der Waals surface area contributed by atoms with E-state index in [1.807, 2.05) is 24.3 Å². The molecule has 0 spiro atoms. The quantitative estimate of drug-likeness (QED) is 0.154. The van der Waals surface area contributed by atoms with E-state index in [4.69, 9.17) is 0 Å². The van der Waals surface area contributed by atoms with Crippen LogP contribution in [0.4, 0.5) is 4.39 Å². The predicted molar refractivity (Wildman–Crippen MR) is 153 cm³/mol. The molecule has 0 radical (unpaired) electrons. The first-order chi connectivity index (χ1) is 17.7. The maximum Gasteiger partial charge on any atom is 0.146 e. The van der Waals surface area contributed by atoms with Gasteiger partial charge in [0.1, 0.15) is 5.82 Å². The lowest BCUT2D eigenvalue weighted by Crippen LogP contribution is -2.13. The van der Waals surface area contributed by atoms with Gasteiger partial charge in [0, 0.05) is 10.9 Å². The molecule has 1 fully saturated rings. The van der Waals surface area contributed by atoms with Crippen LogP contribution in [0.2, 0.25) is 0 Å². The Kier molecular flexibility index (Phi) is 9.80. The van der Waals surface area contributed by atoms with Gasteiger partial charge < -0.3 is 0 Å². The molecule has 0 nitrogen and oxygen atoms in total. The maximum absolute atomic E-state index is 15.2. The second-order valence-corrected chi connectivity index (χ2v) is 10.6. The molecule has 0 heterocycles. The van der Waals surface area contributed by atoms with Gasteiger partial charge in [0.2, 0.25) is 0 Å². The van der Waals surface area contributed by atoms with Gasteiger partial charge in [0.15, 0.2) is 0 Å². The highest BCUT2D eigenvalue weighted by Crippen LogP contribution is 2.37. The third-order valence-electron chi connectivity index (χ3n) is 7.94. The molecule has 0 amide bonds. The van der Waals surface area contributed by atoms with Crippen LogP contribution in [0.15, 0.2) is 67.3 Å². The lowest BCUT2D eigenvalue weighted by atomic mass is 9.77. The van der Waals surface area contributed by atoms with E-state index in [0.29, 0.717) is 16.9 Å². The molecule has 1 saturated carbocycles. The average molecular weight is 481 g/mol. The molecule has 4 rings (SSSR count). The van der Waals surface area contributed by atoms with Crippen molar-refractivity contribution in [2.75, 3.05) is 0 Å². The Balaban J connectivity index is 1.37. The molecule has 36 heavy (non-hydrogen) atoms. The van der Waals surface area contributed by atoms with Gasteiger partial charge in [0.25, 0.3) is 0 Å². The molecule has 1 aliphatic carbocycles. The third-order valence-corrected chi connectivity index (χ3v) is 7.94. The van der Waals surface area contributed by atoms with Crippen LogP contribution in [0.5, 0.6) is 0 Å². The molecule has 3 aromatic rings. The highest BCUT2D eigenvalue weighted by molar-refractivity contribution is 5.85. The van der Waals surface area contributed by atoms with E-state index in [1.165, 1.54) is 75.3 Å². The zero-order valence-electron chi connectivity index (χ0n) is 22.0. The first-order valence-corrected chi connectivity index (χ1v) is 14.1. The second kappa shape index (κ2) is 13.5. The van der Waals surface area contributed by atoms with Gasteiger partial charge in [-0.2, -0.15) is 0 Å². The largest absolute Gasteiger partial charge is 0.205 e. The number of allylic oxidation sites excluding steroid dienone is 1. The van der Waals surface area contributed by atoms with Crippen molar-refractivity contribution in [2.24, 2.45) is 5.92 Å². The minimum Gasteiger partial charge on any atom is -0.205 e. The number of fused-ring (bicyclic) bond motifs is 1. The smallest absolute Gasteiger partial charge is 0.146 e. The monoisotopic (exact) mass is 480 g/mol. The summed E-state index contributed by atoms with van der Waals surface area (Å²) in [6.45, 7) is 6.10. The summed E-state index contributed by atoms with van der Waals surface area (Å²) in [4.78, 5) is 0. The number of halogens is 1. The maximum atomic E-state index is 15.2. The van der Waals surface area contributed by atoms with Crippen molar-refractivity contribution < 1.29 is 4.39 Å². The van der Waals surface area contributed by atoms with Crippen molar-refractivity contribution >= 4 is 10.8 Å². The van der Waals surface area contributed by atoms with Crippen molar-refractivity contribution in [2.45, 2.75) is 89.9 Å². The van der Waals surface area contributed by atoms with Crippen LogP contribution in [0.1, 0.15) is 106 Å². The number of hydrogen-bond acceptors (Lipinski definition) is 0. The van der Waals surface area contributed by atoms with Crippen molar-refractivity contribution in [1.82, 2.24) is 0 Å². The van der Waals surface area contributed by atoms with E-state index in [1.54, 1.807) is 0 Å². The predicted octanol–water partition coefficient (Wildman–Crippen LogP) is 10.1. The molecule has 0 bridgehead atoms.